The summed E-state index contributed by atoms with van der Waals surface area (Å²) in [5.41, 5.74) is 10.2. The molecule has 11 heteroatoms. The molecule has 4 rings (SSSR count). The lowest BCUT2D eigenvalue weighted by molar-refractivity contribution is -0.384. The molecule has 1 aromatic carbocycles. The van der Waals surface area contributed by atoms with Crippen LogP contribution in [0, 0.1) is 10.1 Å². The van der Waals surface area contributed by atoms with Crippen LogP contribution in [0.5, 0.6) is 0 Å². The number of hydrogen-bond donors (Lipinski definition) is 2. The third-order valence-electron chi connectivity index (χ3n) is 4.83. The number of halogens is 2. The first-order valence-corrected chi connectivity index (χ1v) is 8.95. The van der Waals surface area contributed by atoms with Crippen molar-refractivity contribution in [2.24, 2.45) is 5.10 Å². The summed E-state index contributed by atoms with van der Waals surface area (Å²) < 4.78 is 28.3. The summed E-state index contributed by atoms with van der Waals surface area (Å²) >= 11 is 0. The van der Waals surface area contributed by atoms with Gasteiger partial charge in [-0.3, -0.25) is 15.1 Å². The number of nitrogen functional groups attached to an aromatic ring is 1. The van der Waals surface area contributed by atoms with Crippen LogP contribution in [0.3, 0.4) is 0 Å². The number of nitrogens with one attached hydrogen (secondary N) is 1. The van der Waals surface area contributed by atoms with E-state index in [4.69, 9.17) is 5.73 Å². The lowest BCUT2D eigenvalue weighted by atomic mass is 10.0. The molecule has 0 saturated carbocycles. The highest BCUT2D eigenvalue weighted by Crippen LogP contribution is 2.32. The van der Waals surface area contributed by atoms with E-state index in [1.165, 1.54) is 34.5 Å². The van der Waals surface area contributed by atoms with E-state index in [2.05, 4.69) is 15.6 Å². The van der Waals surface area contributed by atoms with Gasteiger partial charge < -0.3 is 5.73 Å². The lowest BCUT2D eigenvalue weighted by Crippen LogP contribution is -2.50. The normalized spacial score (nSPS) is 19.1. The summed E-state index contributed by atoms with van der Waals surface area (Å²) in [6.45, 7) is 0. The van der Waals surface area contributed by atoms with Crippen molar-refractivity contribution in [3.63, 3.8) is 0 Å². The topological polar surface area (TPSA) is 113 Å². The Kier molecular flexibility index (Phi) is 4.88. The van der Waals surface area contributed by atoms with Gasteiger partial charge in [-0.05, 0) is 24.1 Å². The van der Waals surface area contributed by atoms with Crippen molar-refractivity contribution < 1.29 is 13.7 Å². The number of hydrazone groups is 1. The second kappa shape index (κ2) is 7.52. The van der Waals surface area contributed by atoms with Gasteiger partial charge in [0.1, 0.15) is 11.9 Å². The number of allylic oxidation sites excluding steroid dienone is 2. The molecule has 0 saturated heterocycles. The molecule has 0 radical (unpaired) electrons. The fourth-order valence-corrected chi connectivity index (χ4v) is 3.36. The predicted octanol–water partition coefficient (Wildman–Crippen LogP) is 3.05. The van der Waals surface area contributed by atoms with Crippen molar-refractivity contribution in [1.82, 2.24) is 20.6 Å². The SMILES string of the molecule is CN1NN=C(c2cc(-c3cccc([N+](=O)[O-])c3)cnc2N)N1C1CC=CC(F)=C1F. The van der Waals surface area contributed by atoms with E-state index in [0.717, 1.165) is 6.08 Å². The van der Waals surface area contributed by atoms with E-state index in [1.54, 1.807) is 25.2 Å². The molecule has 1 aliphatic heterocycles. The standard InChI is InChI=1S/C19H17F2N7O2/c1-26-25-24-19(27(26)16-7-3-6-15(20)17(16)21)14-9-12(10-23-18(14)22)11-4-2-5-13(8-11)28(29)30/h2-6,8-10,16,25H,7H2,1H3,(H2,22,23). The van der Waals surface area contributed by atoms with Crippen molar-refractivity contribution >= 4 is 17.3 Å². The highest BCUT2D eigenvalue weighted by Gasteiger charge is 2.36. The summed E-state index contributed by atoms with van der Waals surface area (Å²) in [7, 11) is 1.61. The molecule has 1 atom stereocenters. The molecule has 0 spiro atoms. The number of nitro benzene ring substituents is 1. The lowest BCUT2D eigenvalue weighted by Gasteiger charge is -2.34. The number of nitro groups is 1. The Morgan fingerprint density at radius 1 is 1.30 bits per heavy atom. The molecule has 1 unspecified atom stereocenters. The number of hydrazine groups is 2. The zero-order valence-corrected chi connectivity index (χ0v) is 15.8. The first-order valence-electron chi connectivity index (χ1n) is 8.95. The van der Waals surface area contributed by atoms with Gasteiger partial charge >= 0.3 is 0 Å². The maximum Gasteiger partial charge on any atom is 0.270 e. The number of benzene rings is 1. The van der Waals surface area contributed by atoms with Crippen molar-refractivity contribution in [2.45, 2.75) is 12.5 Å². The number of aromatic nitrogens is 1. The van der Waals surface area contributed by atoms with Gasteiger partial charge in [0.25, 0.3) is 5.69 Å². The summed E-state index contributed by atoms with van der Waals surface area (Å²) in [6.07, 6.45) is 4.33. The van der Waals surface area contributed by atoms with Crippen LogP contribution in [-0.4, -0.2) is 39.0 Å². The van der Waals surface area contributed by atoms with E-state index in [1.807, 2.05) is 0 Å². The van der Waals surface area contributed by atoms with Crippen LogP contribution >= 0.6 is 0 Å². The Morgan fingerprint density at radius 2 is 2.10 bits per heavy atom. The minimum atomic E-state index is -0.949. The van der Waals surface area contributed by atoms with Crippen LogP contribution in [-0.2, 0) is 0 Å². The number of rotatable bonds is 4. The Labute approximate surface area is 169 Å². The first kappa shape index (κ1) is 19.5. The summed E-state index contributed by atoms with van der Waals surface area (Å²) in [5, 5.41) is 18.1. The molecule has 154 valence electrons. The molecule has 1 aromatic heterocycles. The van der Waals surface area contributed by atoms with Crippen LogP contribution in [0.4, 0.5) is 20.3 Å². The van der Waals surface area contributed by atoms with Gasteiger partial charge in [-0.25, -0.2) is 19.3 Å². The zero-order valence-electron chi connectivity index (χ0n) is 15.8. The highest BCUT2D eigenvalue weighted by molar-refractivity contribution is 6.03. The van der Waals surface area contributed by atoms with Crippen molar-refractivity contribution in [3.05, 3.63) is 76.0 Å². The second-order valence-corrected chi connectivity index (χ2v) is 6.72. The molecule has 0 bridgehead atoms. The second-order valence-electron chi connectivity index (χ2n) is 6.72. The van der Waals surface area contributed by atoms with Gasteiger partial charge in [0.05, 0.1) is 10.5 Å². The molecule has 2 aliphatic rings. The maximum atomic E-state index is 14.5. The van der Waals surface area contributed by atoms with Crippen LogP contribution in [0.1, 0.15) is 12.0 Å². The monoisotopic (exact) mass is 413 g/mol. The molecule has 0 fully saturated rings. The molecule has 3 N–H and O–H groups in total. The number of hydrogen-bond acceptors (Lipinski definition) is 8. The minimum Gasteiger partial charge on any atom is -0.383 e. The Balaban J connectivity index is 1.75. The Hall–Kier alpha value is -3.86. The Bertz CT molecular complexity index is 1120. The first-order chi connectivity index (χ1) is 14.4. The van der Waals surface area contributed by atoms with E-state index < -0.39 is 22.6 Å². The molecule has 1 aliphatic carbocycles. The molecule has 0 amide bonds. The number of amidine groups is 1. The summed E-state index contributed by atoms with van der Waals surface area (Å²) in [4.78, 5) is 14.8. The minimum absolute atomic E-state index is 0.0659. The van der Waals surface area contributed by atoms with E-state index in [0.29, 0.717) is 16.7 Å². The third-order valence-corrected chi connectivity index (χ3v) is 4.83. The van der Waals surface area contributed by atoms with Gasteiger partial charge in [-0.15, -0.1) is 10.2 Å². The van der Waals surface area contributed by atoms with E-state index in [9.17, 15) is 18.9 Å². The van der Waals surface area contributed by atoms with E-state index >= 15 is 0 Å². The van der Waals surface area contributed by atoms with Crippen molar-refractivity contribution in [1.29, 1.82) is 0 Å². The van der Waals surface area contributed by atoms with Gasteiger partial charge in [-0.2, -0.15) is 0 Å². The van der Waals surface area contributed by atoms with Crippen LogP contribution in [0.2, 0.25) is 0 Å². The van der Waals surface area contributed by atoms with Crippen molar-refractivity contribution in [3.8, 4) is 11.1 Å². The van der Waals surface area contributed by atoms with Gasteiger partial charge in [0.15, 0.2) is 17.5 Å². The predicted molar refractivity (Wildman–Crippen MR) is 107 cm³/mol. The molecular weight excluding hydrogens is 396 g/mol. The smallest absolute Gasteiger partial charge is 0.270 e. The van der Waals surface area contributed by atoms with Gasteiger partial charge in [0, 0.05) is 30.9 Å². The average Bonchev–Trinajstić information content (AvgIpc) is 3.11. The molecule has 2 heterocycles. The van der Waals surface area contributed by atoms with Crippen LogP contribution in [0.25, 0.3) is 11.1 Å². The number of pyridine rings is 1. The molecule has 30 heavy (non-hydrogen) atoms. The number of nitrogens with two attached hydrogens (primary N) is 1. The fraction of sp³-hybridized carbons (Fsp3) is 0.158. The third kappa shape index (κ3) is 3.35. The number of non-ortho nitro benzene ring substituents is 1. The number of nitrogens with zero attached hydrogens (tertiary/aromatic N) is 5. The molecular formula is C19H17F2N7O2. The summed E-state index contributed by atoms with van der Waals surface area (Å²) in [6, 6.07) is 6.78. The molecule has 2 aromatic rings. The molecule has 9 nitrogen and oxygen atoms in total. The quantitative estimate of drug-likeness (QED) is 0.585. The van der Waals surface area contributed by atoms with Gasteiger partial charge in [0.2, 0.25) is 0 Å². The van der Waals surface area contributed by atoms with Crippen LogP contribution < -0.4 is 11.3 Å². The number of anilines is 1. The summed E-state index contributed by atoms with van der Waals surface area (Å²) in [5.74, 6) is -1.48. The highest BCUT2D eigenvalue weighted by atomic mass is 19.2. The van der Waals surface area contributed by atoms with Gasteiger partial charge in [-0.1, -0.05) is 18.2 Å². The zero-order chi connectivity index (χ0) is 21.4. The fourth-order valence-electron chi connectivity index (χ4n) is 3.36. The Morgan fingerprint density at radius 3 is 2.87 bits per heavy atom. The average molecular weight is 413 g/mol. The van der Waals surface area contributed by atoms with E-state index in [-0.39, 0.29) is 23.8 Å². The van der Waals surface area contributed by atoms with Crippen LogP contribution in [0.15, 0.2) is 65.4 Å². The maximum absolute atomic E-state index is 14.5. The largest absolute Gasteiger partial charge is 0.383 e. The van der Waals surface area contributed by atoms with Crippen molar-refractivity contribution in [2.75, 3.05) is 12.8 Å².